The number of nitrogens with two attached hydrogens (primary N) is 1. The van der Waals surface area contributed by atoms with E-state index in [0.717, 1.165) is 59.7 Å². The number of nitrogen functional groups attached to an aromatic ring is 1. The lowest BCUT2D eigenvalue weighted by Gasteiger charge is -2.30. The molecule has 0 amide bonds. The largest absolute Gasteiger partial charge is 0.382 e. The molecule has 0 atom stereocenters. The van der Waals surface area contributed by atoms with E-state index in [9.17, 15) is 8.42 Å². The minimum absolute atomic E-state index is 0.415. The smallest absolute Gasteiger partial charge is 0.211 e. The fraction of sp³-hybridized carbons (Fsp3) is 0.500. The van der Waals surface area contributed by atoms with E-state index in [0.29, 0.717) is 24.8 Å². The second kappa shape index (κ2) is 7.33. The van der Waals surface area contributed by atoms with Crippen molar-refractivity contribution in [2.75, 3.05) is 25.1 Å². The van der Waals surface area contributed by atoms with Crippen molar-refractivity contribution >= 4 is 39.0 Å². The number of nitrogens with zero attached hydrogens (tertiary/aromatic N) is 4. The van der Waals surface area contributed by atoms with Crippen molar-refractivity contribution in [1.29, 1.82) is 0 Å². The van der Waals surface area contributed by atoms with E-state index >= 15 is 0 Å². The topological polar surface area (TPSA) is 94.1 Å². The van der Waals surface area contributed by atoms with Gasteiger partial charge in [-0.3, -0.25) is 0 Å². The van der Waals surface area contributed by atoms with Gasteiger partial charge in [0.15, 0.2) is 5.82 Å². The molecular weight excluding hydrogens is 374 g/mol. The fourth-order valence-corrected chi connectivity index (χ4v) is 5.09. The van der Waals surface area contributed by atoms with Crippen LogP contribution in [0.5, 0.6) is 0 Å². The quantitative estimate of drug-likeness (QED) is 0.817. The van der Waals surface area contributed by atoms with E-state index in [2.05, 4.69) is 28.6 Å². The monoisotopic (exact) mass is 401 g/mol. The van der Waals surface area contributed by atoms with Crippen LogP contribution in [0.3, 0.4) is 0 Å². The standard InChI is InChI=1S/C20H27N5O2S/c1-3-17-23-18-19(15-7-5-4-6-8-16(15)22-20(18)21)25(17)13-14-9-11-24(12-10-14)28(2,26)27/h4,6-8,14H,3,5,9-13H2,1-2H3,(H2,21,22). The maximum absolute atomic E-state index is 11.8. The summed E-state index contributed by atoms with van der Waals surface area (Å²) in [6.45, 7) is 4.10. The van der Waals surface area contributed by atoms with Crippen LogP contribution in [0.4, 0.5) is 5.82 Å². The summed E-state index contributed by atoms with van der Waals surface area (Å²) < 4.78 is 27.5. The molecule has 150 valence electrons. The van der Waals surface area contributed by atoms with E-state index in [4.69, 9.17) is 10.7 Å². The number of hydrogen-bond donors (Lipinski definition) is 1. The summed E-state index contributed by atoms with van der Waals surface area (Å²) in [6, 6.07) is 0. The van der Waals surface area contributed by atoms with Gasteiger partial charge < -0.3 is 10.3 Å². The molecule has 1 fully saturated rings. The Morgan fingerprint density at radius 1 is 1.25 bits per heavy atom. The number of allylic oxidation sites excluding steroid dienone is 2. The van der Waals surface area contributed by atoms with Gasteiger partial charge in [-0.05, 0) is 31.3 Å². The van der Waals surface area contributed by atoms with Crippen LogP contribution in [0.1, 0.15) is 32.0 Å². The number of rotatable bonds is 4. The van der Waals surface area contributed by atoms with Crippen LogP contribution in [0.2, 0.25) is 0 Å². The van der Waals surface area contributed by atoms with Crippen LogP contribution in [0.15, 0.2) is 12.2 Å². The van der Waals surface area contributed by atoms with Crippen molar-refractivity contribution in [2.24, 2.45) is 5.92 Å². The Morgan fingerprint density at radius 3 is 2.68 bits per heavy atom. The average Bonchev–Trinajstić information content (AvgIpc) is 2.86. The zero-order valence-electron chi connectivity index (χ0n) is 16.4. The molecule has 2 aliphatic rings. The first kappa shape index (κ1) is 19.1. The first-order valence-electron chi connectivity index (χ1n) is 9.85. The summed E-state index contributed by atoms with van der Waals surface area (Å²) >= 11 is 0. The molecule has 1 aliphatic carbocycles. The van der Waals surface area contributed by atoms with Gasteiger partial charge in [0.2, 0.25) is 10.0 Å². The molecule has 1 saturated heterocycles. The molecule has 7 nitrogen and oxygen atoms in total. The Morgan fingerprint density at radius 2 is 2.00 bits per heavy atom. The van der Waals surface area contributed by atoms with E-state index in [1.807, 2.05) is 12.2 Å². The Hall–Kier alpha value is -2.19. The molecule has 0 unspecified atom stereocenters. The van der Waals surface area contributed by atoms with Crippen molar-refractivity contribution in [3.8, 4) is 0 Å². The van der Waals surface area contributed by atoms with E-state index in [-0.39, 0.29) is 0 Å². The first-order valence-corrected chi connectivity index (χ1v) is 11.7. The van der Waals surface area contributed by atoms with Gasteiger partial charge in [-0.15, -0.1) is 0 Å². The van der Waals surface area contributed by atoms with Crippen molar-refractivity contribution < 1.29 is 8.42 Å². The minimum atomic E-state index is -3.11. The van der Waals surface area contributed by atoms with Gasteiger partial charge >= 0.3 is 0 Å². The van der Waals surface area contributed by atoms with Crippen LogP contribution >= 0.6 is 0 Å². The Kier molecular flexibility index (Phi) is 5.01. The molecule has 0 bridgehead atoms. The number of sulfonamides is 1. The predicted molar refractivity (Wildman–Crippen MR) is 112 cm³/mol. The van der Waals surface area contributed by atoms with Gasteiger partial charge in [-0.2, -0.15) is 0 Å². The molecular formula is C20H27N5O2S. The lowest BCUT2D eigenvalue weighted by molar-refractivity contribution is 0.254. The normalized spacial score (nSPS) is 18.5. The molecule has 2 aromatic rings. The molecule has 2 N–H and O–H groups in total. The van der Waals surface area contributed by atoms with E-state index < -0.39 is 10.0 Å². The van der Waals surface area contributed by atoms with Gasteiger partial charge in [0.25, 0.3) is 0 Å². The van der Waals surface area contributed by atoms with Crippen molar-refractivity contribution in [3.63, 3.8) is 0 Å². The van der Waals surface area contributed by atoms with Crippen LogP contribution in [-0.4, -0.2) is 46.6 Å². The van der Waals surface area contributed by atoms with Crippen LogP contribution in [-0.2, 0) is 23.0 Å². The maximum Gasteiger partial charge on any atom is 0.211 e. The lowest BCUT2D eigenvalue weighted by Crippen LogP contribution is -2.39. The van der Waals surface area contributed by atoms with Crippen molar-refractivity contribution in [3.05, 3.63) is 28.5 Å². The van der Waals surface area contributed by atoms with Crippen LogP contribution in [0, 0.1) is 5.92 Å². The molecule has 3 heterocycles. The number of hydrogen-bond acceptors (Lipinski definition) is 5. The number of imidazole rings is 1. The molecule has 0 saturated carbocycles. The zero-order valence-corrected chi connectivity index (χ0v) is 17.2. The number of aromatic nitrogens is 3. The first-order chi connectivity index (χ1) is 13.4. The third-order valence-corrected chi connectivity index (χ3v) is 7.01. The van der Waals surface area contributed by atoms with Gasteiger partial charge in [0, 0.05) is 31.3 Å². The average molecular weight is 402 g/mol. The van der Waals surface area contributed by atoms with Gasteiger partial charge in [0.1, 0.15) is 11.3 Å². The van der Waals surface area contributed by atoms with Gasteiger partial charge in [0.05, 0.1) is 17.1 Å². The molecule has 2 aromatic heterocycles. The van der Waals surface area contributed by atoms with Crippen molar-refractivity contribution in [1.82, 2.24) is 18.8 Å². The third-order valence-electron chi connectivity index (χ3n) is 5.71. The van der Waals surface area contributed by atoms with Gasteiger partial charge in [-0.25, -0.2) is 22.7 Å². The SMILES string of the molecule is CCc1nc2c(N)nc3c(c2n1CC1CCN(S(C)(=O)=O)CC1)=CCC=CC=3. The minimum Gasteiger partial charge on any atom is -0.382 e. The van der Waals surface area contributed by atoms with Crippen molar-refractivity contribution in [2.45, 2.75) is 39.2 Å². The molecule has 28 heavy (non-hydrogen) atoms. The second-order valence-electron chi connectivity index (χ2n) is 7.63. The van der Waals surface area contributed by atoms with E-state index in [1.54, 1.807) is 4.31 Å². The second-order valence-corrected chi connectivity index (χ2v) is 9.61. The summed E-state index contributed by atoms with van der Waals surface area (Å²) in [4.78, 5) is 9.37. The van der Waals surface area contributed by atoms with Crippen LogP contribution in [0.25, 0.3) is 23.2 Å². The maximum atomic E-state index is 11.8. The Balaban J connectivity index is 1.76. The summed E-state index contributed by atoms with van der Waals surface area (Å²) in [5, 5.41) is 1.98. The molecule has 0 spiro atoms. The molecule has 0 radical (unpaired) electrons. The highest BCUT2D eigenvalue weighted by Gasteiger charge is 2.26. The molecule has 4 rings (SSSR count). The molecule has 0 aromatic carbocycles. The summed E-state index contributed by atoms with van der Waals surface area (Å²) in [7, 11) is -3.11. The summed E-state index contributed by atoms with van der Waals surface area (Å²) in [6.07, 6.45) is 13.0. The zero-order chi connectivity index (χ0) is 19.9. The van der Waals surface area contributed by atoms with Crippen LogP contribution < -0.4 is 16.3 Å². The highest BCUT2D eigenvalue weighted by atomic mass is 32.2. The van der Waals surface area contributed by atoms with E-state index in [1.165, 1.54) is 6.26 Å². The fourth-order valence-electron chi connectivity index (χ4n) is 4.22. The Labute approximate surface area is 165 Å². The predicted octanol–water partition coefficient (Wildman–Crippen LogP) is 0.768. The number of pyridine rings is 1. The number of piperidine rings is 1. The third kappa shape index (κ3) is 3.46. The summed E-state index contributed by atoms with van der Waals surface area (Å²) in [5.41, 5.74) is 8.08. The molecule has 8 heteroatoms. The number of fused-ring (bicyclic) bond motifs is 3. The molecule has 1 aliphatic heterocycles. The number of aryl methyl sites for hydroxylation is 1. The number of anilines is 1. The Bertz CT molecular complexity index is 1160. The highest BCUT2D eigenvalue weighted by Crippen LogP contribution is 2.24. The van der Waals surface area contributed by atoms with Gasteiger partial charge in [-0.1, -0.05) is 25.2 Å². The highest BCUT2D eigenvalue weighted by molar-refractivity contribution is 7.88. The lowest BCUT2D eigenvalue weighted by atomic mass is 9.98. The summed E-state index contributed by atoms with van der Waals surface area (Å²) in [5.74, 6) is 1.89.